The Morgan fingerprint density at radius 3 is 2.78 bits per heavy atom. The lowest BCUT2D eigenvalue weighted by atomic mass is 10.1. The van der Waals surface area contributed by atoms with Crippen LogP contribution in [0.3, 0.4) is 0 Å². The van der Waals surface area contributed by atoms with Crippen LogP contribution >= 0.6 is 22.9 Å². The summed E-state index contributed by atoms with van der Waals surface area (Å²) in [4.78, 5) is 16.2. The van der Waals surface area contributed by atoms with Crippen LogP contribution in [0.2, 0.25) is 5.02 Å². The Morgan fingerprint density at radius 1 is 1.50 bits per heavy atom. The Hall–Kier alpha value is -1.26. The molecule has 94 valence electrons. The van der Waals surface area contributed by atoms with Gasteiger partial charge in [0, 0.05) is 23.9 Å². The zero-order valence-electron chi connectivity index (χ0n) is 9.96. The number of thiazole rings is 1. The fourth-order valence-corrected chi connectivity index (χ4v) is 2.91. The lowest BCUT2D eigenvalue weighted by molar-refractivity contribution is 0.102. The van der Waals surface area contributed by atoms with Crippen molar-refractivity contribution in [1.82, 2.24) is 4.98 Å². The Balaban J connectivity index is 2.35. The van der Waals surface area contributed by atoms with Crippen molar-refractivity contribution < 1.29 is 9.18 Å². The molecule has 1 aromatic carbocycles. The number of benzene rings is 1. The number of hydrogen-bond donors (Lipinski definition) is 0. The normalized spacial score (nSPS) is 10.7. The van der Waals surface area contributed by atoms with Crippen molar-refractivity contribution >= 4 is 28.7 Å². The van der Waals surface area contributed by atoms with Crippen molar-refractivity contribution in [1.29, 1.82) is 0 Å². The third kappa shape index (κ3) is 2.60. The molecular weight excluding hydrogens is 273 g/mol. The molecule has 2 aromatic rings. The van der Waals surface area contributed by atoms with Gasteiger partial charge in [-0.25, -0.2) is 9.37 Å². The maximum atomic E-state index is 13.6. The molecule has 0 saturated heterocycles. The van der Waals surface area contributed by atoms with E-state index in [1.54, 1.807) is 19.1 Å². The second-order valence-corrected chi connectivity index (χ2v) is 5.45. The van der Waals surface area contributed by atoms with E-state index >= 15 is 0 Å². The second kappa shape index (κ2) is 5.16. The first kappa shape index (κ1) is 13.2. The largest absolute Gasteiger partial charge is 0.294 e. The van der Waals surface area contributed by atoms with Crippen LogP contribution < -0.4 is 0 Å². The quantitative estimate of drug-likeness (QED) is 0.796. The first-order chi connectivity index (χ1) is 8.49. The number of Topliss-reactive ketones (excluding diaryl/α,β-unsaturated/α-hetero) is 1. The number of ketones is 1. The maximum Gasteiger partial charge on any atom is 0.171 e. The van der Waals surface area contributed by atoms with Gasteiger partial charge < -0.3 is 0 Å². The standard InChI is InChI=1S/C13H11ClFNOS/c1-7-13(8(2)17)18-12(16-7)6-9-10(14)4-3-5-11(9)15/h3-5H,6H2,1-2H3. The summed E-state index contributed by atoms with van der Waals surface area (Å²) < 4.78 is 13.6. The summed E-state index contributed by atoms with van der Waals surface area (Å²) in [5.74, 6) is -0.365. The predicted molar refractivity (Wildman–Crippen MR) is 71.1 cm³/mol. The molecule has 0 aliphatic carbocycles. The van der Waals surface area contributed by atoms with Gasteiger partial charge in [-0.3, -0.25) is 4.79 Å². The van der Waals surface area contributed by atoms with Gasteiger partial charge in [0.2, 0.25) is 0 Å². The molecule has 2 nitrogen and oxygen atoms in total. The Morgan fingerprint density at radius 2 is 2.22 bits per heavy atom. The van der Waals surface area contributed by atoms with E-state index in [9.17, 15) is 9.18 Å². The van der Waals surface area contributed by atoms with Crippen LogP contribution in [0.5, 0.6) is 0 Å². The van der Waals surface area contributed by atoms with E-state index in [0.717, 1.165) is 0 Å². The van der Waals surface area contributed by atoms with Crippen molar-refractivity contribution in [3.63, 3.8) is 0 Å². The van der Waals surface area contributed by atoms with Crippen LogP contribution in [0.1, 0.15) is 32.9 Å². The average molecular weight is 284 g/mol. The van der Waals surface area contributed by atoms with Gasteiger partial charge in [0.25, 0.3) is 0 Å². The highest BCUT2D eigenvalue weighted by molar-refractivity contribution is 7.13. The number of aromatic nitrogens is 1. The topological polar surface area (TPSA) is 30.0 Å². The van der Waals surface area contributed by atoms with Gasteiger partial charge in [-0.05, 0) is 19.1 Å². The second-order valence-electron chi connectivity index (χ2n) is 3.96. The lowest BCUT2D eigenvalue weighted by Crippen LogP contribution is -1.93. The smallest absolute Gasteiger partial charge is 0.171 e. The van der Waals surface area contributed by atoms with E-state index in [1.165, 1.54) is 24.3 Å². The van der Waals surface area contributed by atoms with Crippen LogP contribution in [-0.2, 0) is 6.42 Å². The highest BCUT2D eigenvalue weighted by atomic mass is 35.5. The summed E-state index contributed by atoms with van der Waals surface area (Å²) in [5, 5.41) is 1.08. The number of carbonyl (C=O) groups is 1. The minimum absolute atomic E-state index is 0.0177. The molecule has 0 fully saturated rings. The monoisotopic (exact) mass is 283 g/mol. The van der Waals surface area contributed by atoms with Gasteiger partial charge in [-0.2, -0.15) is 0 Å². The molecule has 0 aliphatic rings. The fraction of sp³-hybridized carbons (Fsp3) is 0.231. The number of aryl methyl sites for hydroxylation is 1. The van der Waals surface area contributed by atoms with E-state index in [4.69, 9.17) is 11.6 Å². The molecule has 1 aromatic heterocycles. The molecule has 0 amide bonds. The number of carbonyl (C=O) groups excluding carboxylic acids is 1. The minimum Gasteiger partial charge on any atom is -0.294 e. The molecule has 0 radical (unpaired) electrons. The molecule has 0 N–H and O–H groups in total. The first-order valence-electron chi connectivity index (χ1n) is 5.39. The maximum absolute atomic E-state index is 13.6. The van der Waals surface area contributed by atoms with Crippen LogP contribution in [0, 0.1) is 12.7 Å². The zero-order valence-corrected chi connectivity index (χ0v) is 11.5. The van der Waals surface area contributed by atoms with Crippen LogP contribution in [0.25, 0.3) is 0 Å². The molecule has 0 spiro atoms. The van der Waals surface area contributed by atoms with Crippen molar-refractivity contribution in [2.45, 2.75) is 20.3 Å². The molecule has 1 heterocycles. The first-order valence-corrected chi connectivity index (χ1v) is 6.58. The highest BCUT2D eigenvalue weighted by Crippen LogP contribution is 2.26. The van der Waals surface area contributed by atoms with Crippen molar-refractivity contribution in [3.8, 4) is 0 Å². The summed E-state index contributed by atoms with van der Waals surface area (Å²) in [7, 11) is 0. The molecule has 0 bridgehead atoms. The number of hydrogen-bond acceptors (Lipinski definition) is 3. The van der Waals surface area contributed by atoms with E-state index in [1.807, 2.05) is 0 Å². The van der Waals surface area contributed by atoms with Gasteiger partial charge in [0.15, 0.2) is 5.78 Å². The molecule has 2 rings (SSSR count). The van der Waals surface area contributed by atoms with Gasteiger partial charge in [-0.15, -0.1) is 11.3 Å². The number of halogens is 2. The molecular formula is C13H11ClFNOS. The van der Waals surface area contributed by atoms with Crippen molar-refractivity contribution in [3.05, 3.63) is 50.2 Å². The molecule has 0 saturated carbocycles. The van der Waals surface area contributed by atoms with Gasteiger partial charge in [0.05, 0.1) is 15.6 Å². The Kier molecular flexibility index (Phi) is 3.78. The minimum atomic E-state index is -0.347. The molecule has 0 atom stereocenters. The van der Waals surface area contributed by atoms with Crippen LogP contribution in [0.4, 0.5) is 4.39 Å². The number of nitrogens with zero attached hydrogens (tertiary/aromatic N) is 1. The van der Waals surface area contributed by atoms with Crippen molar-refractivity contribution in [2.75, 3.05) is 0 Å². The molecule has 5 heteroatoms. The lowest BCUT2D eigenvalue weighted by Gasteiger charge is -2.02. The summed E-state index contributed by atoms with van der Waals surface area (Å²) in [6, 6.07) is 4.58. The van der Waals surface area contributed by atoms with Crippen LogP contribution in [-0.4, -0.2) is 10.8 Å². The van der Waals surface area contributed by atoms with E-state index in [2.05, 4.69) is 4.98 Å². The Labute approximate surface area is 113 Å². The van der Waals surface area contributed by atoms with Gasteiger partial charge in [0.1, 0.15) is 5.82 Å². The van der Waals surface area contributed by atoms with E-state index in [-0.39, 0.29) is 11.6 Å². The molecule has 0 unspecified atom stereocenters. The third-order valence-electron chi connectivity index (χ3n) is 2.55. The van der Waals surface area contributed by atoms with Gasteiger partial charge in [-0.1, -0.05) is 17.7 Å². The molecule has 18 heavy (non-hydrogen) atoms. The van der Waals surface area contributed by atoms with Crippen molar-refractivity contribution in [2.24, 2.45) is 0 Å². The van der Waals surface area contributed by atoms with E-state index < -0.39 is 0 Å². The summed E-state index contributed by atoms with van der Waals surface area (Å²) >= 11 is 7.25. The zero-order chi connectivity index (χ0) is 13.3. The average Bonchev–Trinajstić information content (AvgIpc) is 2.65. The Bertz CT molecular complexity index is 589. The summed E-state index contributed by atoms with van der Waals surface area (Å²) in [6.45, 7) is 3.28. The molecule has 0 aliphatic heterocycles. The third-order valence-corrected chi connectivity index (χ3v) is 4.16. The highest BCUT2D eigenvalue weighted by Gasteiger charge is 2.14. The fourth-order valence-electron chi connectivity index (χ4n) is 1.71. The summed E-state index contributed by atoms with van der Waals surface area (Å²) in [6.07, 6.45) is 0.310. The van der Waals surface area contributed by atoms with Gasteiger partial charge >= 0.3 is 0 Å². The van der Waals surface area contributed by atoms with Crippen LogP contribution in [0.15, 0.2) is 18.2 Å². The predicted octanol–water partition coefficient (Wildman–Crippen LogP) is 4.04. The SMILES string of the molecule is CC(=O)c1sc(Cc2c(F)cccc2Cl)nc1C. The van der Waals surface area contributed by atoms with E-state index in [0.29, 0.717) is 32.6 Å². The number of rotatable bonds is 3. The summed E-state index contributed by atoms with van der Waals surface area (Å²) in [5.41, 5.74) is 1.11.